The number of fused-ring (bicyclic) bond motifs is 5. The summed E-state index contributed by atoms with van der Waals surface area (Å²) >= 11 is 1.46. The molecule has 0 radical (unpaired) electrons. The van der Waals surface area contributed by atoms with Gasteiger partial charge in [0, 0.05) is 11.3 Å². The van der Waals surface area contributed by atoms with Crippen LogP contribution in [0.15, 0.2) is 23.8 Å². The van der Waals surface area contributed by atoms with Gasteiger partial charge in [0.2, 0.25) is 0 Å². The molecule has 1 nitrogen and oxygen atoms in total. The molecular weight excluding hydrogens is 300 g/mol. The van der Waals surface area contributed by atoms with Crippen LogP contribution in [0.5, 0.6) is 0 Å². The Hall–Kier alpha value is -0.500. The van der Waals surface area contributed by atoms with Crippen molar-refractivity contribution in [1.29, 1.82) is 0 Å². The Morgan fingerprint density at radius 2 is 2.00 bits per heavy atom. The van der Waals surface area contributed by atoms with Gasteiger partial charge in [-0.2, -0.15) is 0 Å². The second-order valence-corrected chi connectivity index (χ2v) is 9.57. The van der Waals surface area contributed by atoms with Gasteiger partial charge in [-0.25, -0.2) is 0 Å². The summed E-state index contributed by atoms with van der Waals surface area (Å²) in [6, 6.07) is 0. The average molecular weight is 331 g/mol. The molecule has 0 aliphatic heterocycles. The first kappa shape index (κ1) is 16.0. The molecule has 0 heterocycles. The lowest BCUT2D eigenvalue weighted by Crippen LogP contribution is -2.49. The maximum atomic E-state index is 12.5. The number of hydrogen-bond donors (Lipinski definition) is 0. The summed E-state index contributed by atoms with van der Waals surface area (Å²) in [5.74, 6) is 2.73. The largest absolute Gasteiger partial charge is 0.287 e. The molecule has 0 amide bonds. The third-order valence-electron chi connectivity index (χ3n) is 8.10. The van der Waals surface area contributed by atoms with Gasteiger partial charge >= 0.3 is 0 Å². The van der Waals surface area contributed by atoms with Crippen molar-refractivity contribution in [3.63, 3.8) is 0 Å². The Kier molecular flexibility index (Phi) is 3.83. The molecule has 126 valence electrons. The van der Waals surface area contributed by atoms with Crippen LogP contribution < -0.4 is 0 Å². The van der Waals surface area contributed by atoms with Crippen molar-refractivity contribution in [2.24, 2.45) is 34.5 Å². The molecule has 0 saturated heterocycles. The topological polar surface area (TPSA) is 17.1 Å². The Morgan fingerprint density at radius 3 is 2.78 bits per heavy atom. The fraction of sp³-hybridized carbons (Fsp3) is 0.762. The predicted molar refractivity (Wildman–Crippen MR) is 98.2 cm³/mol. The van der Waals surface area contributed by atoms with Crippen LogP contribution in [0, 0.1) is 34.5 Å². The van der Waals surface area contributed by atoms with Gasteiger partial charge in [0.05, 0.1) is 0 Å². The van der Waals surface area contributed by atoms with Gasteiger partial charge in [-0.3, -0.25) is 4.79 Å². The third-order valence-corrected chi connectivity index (χ3v) is 8.78. The summed E-state index contributed by atoms with van der Waals surface area (Å²) in [5.41, 5.74) is 2.29. The zero-order valence-corrected chi connectivity index (χ0v) is 15.6. The van der Waals surface area contributed by atoms with Crippen molar-refractivity contribution in [3.8, 4) is 0 Å². The van der Waals surface area contributed by atoms with Crippen molar-refractivity contribution in [2.45, 2.75) is 58.8 Å². The molecule has 6 atom stereocenters. The summed E-state index contributed by atoms with van der Waals surface area (Å²) < 4.78 is 0. The van der Waals surface area contributed by atoms with E-state index in [0.29, 0.717) is 16.4 Å². The first-order valence-corrected chi connectivity index (χ1v) is 10.7. The molecular formula is C21H30OS. The minimum atomic E-state index is 0.275. The van der Waals surface area contributed by atoms with E-state index in [4.69, 9.17) is 0 Å². The van der Waals surface area contributed by atoms with E-state index in [1.165, 1.54) is 43.9 Å². The van der Waals surface area contributed by atoms with Crippen LogP contribution in [-0.2, 0) is 4.79 Å². The van der Waals surface area contributed by atoms with Crippen LogP contribution in [0.1, 0.15) is 58.8 Å². The molecule has 0 aromatic carbocycles. The van der Waals surface area contributed by atoms with E-state index in [2.05, 4.69) is 32.1 Å². The molecule has 4 aliphatic carbocycles. The lowest BCUT2D eigenvalue weighted by Gasteiger charge is -2.57. The molecule has 23 heavy (non-hydrogen) atoms. The summed E-state index contributed by atoms with van der Waals surface area (Å²) in [4.78, 5) is 12.5. The molecule has 0 aromatic heterocycles. The Balaban J connectivity index is 1.65. The summed E-state index contributed by atoms with van der Waals surface area (Å²) in [7, 11) is 0. The highest BCUT2D eigenvalue weighted by Gasteiger charge is 2.59. The highest BCUT2D eigenvalue weighted by Crippen LogP contribution is 2.66. The summed E-state index contributed by atoms with van der Waals surface area (Å²) in [5, 5.41) is 0.452. The highest BCUT2D eigenvalue weighted by molar-refractivity contribution is 8.13. The van der Waals surface area contributed by atoms with Gasteiger partial charge in [-0.05, 0) is 74.4 Å². The molecule has 3 saturated carbocycles. The number of hydrogen-bond acceptors (Lipinski definition) is 2. The summed E-state index contributed by atoms with van der Waals surface area (Å²) in [6.45, 7) is 4.94. The first-order chi connectivity index (χ1) is 11.0. The van der Waals surface area contributed by atoms with E-state index in [9.17, 15) is 4.79 Å². The first-order valence-electron chi connectivity index (χ1n) is 9.46. The predicted octanol–water partition coefficient (Wildman–Crippen LogP) is 5.62. The van der Waals surface area contributed by atoms with Gasteiger partial charge in [-0.1, -0.05) is 49.4 Å². The van der Waals surface area contributed by atoms with Crippen molar-refractivity contribution < 1.29 is 4.79 Å². The lowest BCUT2D eigenvalue weighted by molar-refractivity contribution is -0.120. The fourth-order valence-corrected chi connectivity index (χ4v) is 7.54. The van der Waals surface area contributed by atoms with Crippen LogP contribution >= 0.6 is 11.8 Å². The monoisotopic (exact) mass is 330 g/mol. The SMILES string of the molecule is CSC(=O)C1CC[C@H]2[C@@H]3CCC4=CCC=C[C@]4(C)[C@H]3CC[C@]12C. The molecule has 0 spiro atoms. The molecule has 3 fully saturated rings. The average Bonchev–Trinajstić information content (AvgIpc) is 2.91. The molecule has 0 N–H and O–H groups in total. The van der Waals surface area contributed by atoms with Crippen LogP contribution in [0.2, 0.25) is 0 Å². The van der Waals surface area contributed by atoms with Gasteiger partial charge in [0.25, 0.3) is 0 Å². The van der Waals surface area contributed by atoms with E-state index >= 15 is 0 Å². The fourth-order valence-electron chi connectivity index (χ4n) is 6.87. The van der Waals surface area contributed by atoms with Crippen molar-refractivity contribution in [3.05, 3.63) is 23.8 Å². The van der Waals surface area contributed by atoms with Gasteiger partial charge < -0.3 is 0 Å². The molecule has 0 aromatic rings. The van der Waals surface area contributed by atoms with Crippen molar-refractivity contribution in [1.82, 2.24) is 0 Å². The third kappa shape index (κ3) is 2.16. The van der Waals surface area contributed by atoms with Crippen molar-refractivity contribution >= 4 is 16.9 Å². The zero-order chi connectivity index (χ0) is 16.2. The highest BCUT2D eigenvalue weighted by atomic mass is 32.2. The van der Waals surface area contributed by atoms with Crippen LogP contribution in [-0.4, -0.2) is 11.4 Å². The van der Waals surface area contributed by atoms with Crippen LogP contribution in [0.25, 0.3) is 0 Å². The minimum absolute atomic E-state index is 0.275. The molecule has 4 aliphatic rings. The van der Waals surface area contributed by atoms with Crippen LogP contribution in [0.3, 0.4) is 0 Å². The zero-order valence-electron chi connectivity index (χ0n) is 14.8. The maximum absolute atomic E-state index is 12.5. The van der Waals surface area contributed by atoms with Gasteiger partial charge in [-0.15, -0.1) is 0 Å². The van der Waals surface area contributed by atoms with E-state index in [0.717, 1.165) is 30.6 Å². The smallest absolute Gasteiger partial charge is 0.192 e. The van der Waals surface area contributed by atoms with E-state index in [1.54, 1.807) is 5.57 Å². The molecule has 0 bridgehead atoms. The van der Waals surface area contributed by atoms with Gasteiger partial charge in [0.15, 0.2) is 5.12 Å². The lowest BCUT2D eigenvalue weighted by atomic mass is 9.48. The standard InChI is InChI=1S/C21H30OS/c1-20-12-5-4-6-14(20)7-8-15-16-9-10-18(19(22)23-3)21(16,2)13-11-17(15)20/h5-6,12,15-18H,4,7-11,13H2,1-3H3/t15-,16-,17-,18?,20-,21-/m0/s1. The number of carbonyl (C=O) groups excluding carboxylic acids is 1. The Labute approximate surface area is 145 Å². The van der Waals surface area contributed by atoms with E-state index in [1.807, 2.05) is 6.26 Å². The van der Waals surface area contributed by atoms with Crippen LogP contribution in [0.4, 0.5) is 0 Å². The molecule has 2 heteroatoms. The minimum Gasteiger partial charge on any atom is -0.287 e. The summed E-state index contributed by atoms with van der Waals surface area (Å²) in [6.07, 6.45) is 18.2. The second kappa shape index (κ2) is 5.51. The maximum Gasteiger partial charge on any atom is 0.192 e. The molecule has 1 unspecified atom stereocenters. The van der Waals surface area contributed by atoms with Gasteiger partial charge in [0.1, 0.15) is 0 Å². The van der Waals surface area contributed by atoms with E-state index in [-0.39, 0.29) is 5.41 Å². The normalized spacial score (nSPS) is 48.2. The van der Waals surface area contributed by atoms with Crippen molar-refractivity contribution in [2.75, 3.05) is 6.26 Å². The quantitative estimate of drug-likeness (QED) is 0.580. The number of thioether (sulfide) groups is 1. The molecule has 4 rings (SSSR count). The number of rotatable bonds is 1. The second-order valence-electron chi connectivity index (χ2n) is 8.76. The number of carbonyl (C=O) groups is 1. The van der Waals surface area contributed by atoms with E-state index < -0.39 is 0 Å². The number of allylic oxidation sites excluding steroid dienone is 4. The Bertz CT molecular complexity index is 576. The Morgan fingerprint density at radius 1 is 1.17 bits per heavy atom.